The molecule has 0 radical (unpaired) electrons. The molecule has 0 saturated heterocycles. The number of aromatic nitrogens is 5. The van der Waals surface area contributed by atoms with Crippen molar-refractivity contribution in [1.82, 2.24) is 23.7 Å². The van der Waals surface area contributed by atoms with Gasteiger partial charge in [0.2, 0.25) is 0 Å². The molecule has 0 amide bonds. The van der Waals surface area contributed by atoms with Gasteiger partial charge in [0.25, 0.3) is 0 Å². The van der Waals surface area contributed by atoms with Crippen LogP contribution in [0.4, 0.5) is 0 Å². The zero-order chi connectivity index (χ0) is 21.7. The molecule has 0 aliphatic heterocycles. The highest BCUT2D eigenvalue weighted by Gasteiger charge is 2.19. The van der Waals surface area contributed by atoms with Gasteiger partial charge in [-0.1, -0.05) is 18.2 Å². The van der Waals surface area contributed by atoms with Crippen LogP contribution in [-0.4, -0.2) is 34.8 Å². The molecule has 3 heterocycles. The molecule has 8 heteroatoms. The van der Waals surface area contributed by atoms with Gasteiger partial charge in [0.15, 0.2) is 0 Å². The van der Waals surface area contributed by atoms with Gasteiger partial charge < -0.3 is 5.11 Å². The number of benzene rings is 2. The molecule has 5 rings (SSSR count). The summed E-state index contributed by atoms with van der Waals surface area (Å²) in [6.45, 7) is 3.46. The van der Waals surface area contributed by atoms with Gasteiger partial charge in [-0.3, -0.25) is 18.9 Å². The maximum absolute atomic E-state index is 13.3. The number of aliphatic carboxylic acids is 1. The lowest BCUT2D eigenvalue weighted by molar-refractivity contribution is -0.137. The first kappa shape index (κ1) is 18.8. The molecule has 0 unspecified atom stereocenters. The zero-order valence-corrected chi connectivity index (χ0v) is 17.0. The average Bonchev–Trinajstić information content (AvgIpc) is 3.29. The minimum absolute atomic E-state index is 0.372. The summed E-state index contributed by atoms with van der Waals surface area (Å²) in [6.07, 6.45) is 7.03. The second-order valence-corrected chi connectivity index (χ2v) is 7.51. The molecule has 0 atom stereocenters. The molecule has 0 aliphatic carbocycles. The van der Waals surface area contributed by atoms with E-state index < -0.39 is 12.5 Å². The Labute approximate surface area is 176 Å². The Balaban J connectivity index is 1.72. The van der Waals surface area contributed by atoms with Crippen LogP contribution in [0, 0.1) is 13.8 Å². The van der Waals surface area contributed by atoms with E-state index in [-0.39, 0.29) is 5.69 Å². The van der Waals surface area contributed by atoms with Gasteiger partial charge in [-0.2, -0.15) is 5.10 Å². The molecular weight excluding hydrogens is 394 g/mol. The Morgan fingerprint density at radius 1 is 1.06 bits per heavy atom. The van der Waals surface area contributed by atoms with E-state index in [0.29, 0.717) is 16.7 Å². The van der Waals surface area contributed by atoms with Crippen molar-refractivity contribution in [2.75, 3.05) is 0 Å². The number of hydrogen-bond acceptors (Lipinski definition) is 4. The predicted octanol–water partition coefficient (Wildman–Crippen LogP) is 3.20. The largest absolute Gasteiger partial charge is 0.480 e. The molecule has 0 fully saturated rings. The van der Waals surface area contributed by atoms with Crippen molar-refractivity contribution in [3.8, 4) is 16.8 Å². The SMILES string of the molecule is Cc1cc(-c2cnn3ccncc23)ccc1-n1c(=O)n(CC(=O)O)c2cccc(C)c21. The van der Waals surface area contributed by atoms with Crippen molar-refractivity contribution < 1.29 is 9.90 Å². The zero-order valence-electron chi connectivity index (χ0n) is 17.0. The fourth-order valence-corrected chi connectivity index (χ4v) is 4.11. The summed E-state index contributed by atoms with van der Waals surface area (Å²) in [6, 6.07) is 11.4. The van der Waals surface area contributed by atoms with Crippen molar-refractivity contribution in [2.24, 2.45) is 0 Å². The Morgan fingerprint density at radius 3 is 2.68 bits per heavy atom. The number of hydrogen-bond donors (Lipinski definition) is 1. The van der Waals surface area contributed by atoms with Gasteiger partial charge >= 0.3 is 11.7 Å². The van der Waals surface area contributed by atoms with Crippen LogP contribution in [0.15, 0.2) is 66.0 Å². The normalized spacial score (nSPS) is 11.4. The van der Waals surface area contributed by atoms with E-state index in [2.05, 4.69) is 10.1 Å². The van der Waals surface area contributed by atoms with Gasteiger partial charge in [0.05, 0.1) is 34.6 Å². The number of nitrogens with zero attached hydrogens (tertiary/aromatic N) is 5. The highest BCUT2D eigenvalue weighted by atomic mass is 16.4. The quantitative estimate of drug-likeness (QED) is 0.488. The third-order valence-electron chi connectivity index (χ3n) is 5.52. The topological polar surface area (TPSA) is 94.4 Å². The minimum Gasteiger partial charge on any atom is -0.480 e. The molecule has 0 bridgehead atoms. The summed E-state index contributed by atoms with van der Waals surface area (Å²) in [5, 5.41) is 13.7. The van der Waals surface area contributed by atoms with Gasteiger partial charge in [0.1, 0.15) is 6.54 Å². The number of carbonyl (C=O) groups is 1. The molecule has 3 aromatic heterocycles. The van der Waals surface area contributed by atoms with Crippen LogP contribution in [0.2, 0.25) is 0 Å². The monoisotopic (exact) mass is 413 g/mol. The third kappa shape index (κ3) is 2.92. The van der Waals surface area contributed by atoms with Crippen molar-refractivity contribution in [3.63, 3.8) is 0 Å². The molecule has 0 aliphatic rings. The number of carboxylic acid groups (broad SMARTS) is 1. The van der Waals surface area contributed by atoms with Crippen molar-refractivity contribution >= 4 is 22.5 Å². The van der Waals surface area contributed by atoms with Crippen LogP contribution in [0.25, 0.3) is 33.4 Å². The molecule has 31 heavy (non-hydrogen) atoms. The van der Waals surface area contributed by atoms with Crippen LogP contribution < -0.4 is 5.69 Å². The maximum atomic E-state index is 13.3. The Kier molecular flexibility index (Phi) is 4.21. The van der Waals surface area contributed by atoms with E-state index >= 15 is 0 Å². The van der Waals surface area contributed by atoms with Gasteiger partial charge in [-0.15, -0.1) is 0 Å². The molecule has 5 aromatic rings. The molecular formula is C23H19N5O3. The molecule has 0 saturated carbocycles. The van der Waals surface area contributed by atoms with Crippen LogP contribution in [0.5, 0.6) is 0 Å². The smallest absolute Gasteiger partial charge is 0.334 e. The Bertz CT molecular complexity index is 1540. The van der Waals surface area contributed by atoms with Crippen molar-refractivity contribution in [3.05, 3.63) is 82.8 Å². The summed E-state index contributed by atoms with van der Waals surface area (Å²) in [4.78, 5) is 28.8. The number of carboxylic acids is 1. The average molecular weight is 413 g/mol. The highest BCUT2D eigenvalue weighted by Crippen LogP contribution is 2.29. The van der Waals surface area contributed by atoms with Crippen LogP contribution in [-0.2, 0) is 11.3 Å². The fraction of sp³-hybridized carbons (Fsp3) is 0.130. The third-order valence-corrected chi connectivity index (χ3v) is 5.52. The molecule has 1 N–H and O–H groups in total. The first-order chi connectivity index (χ1) is 15.0. The van der Waals surface area contributed by atoms with Gasteiger partial charge in [0, 0.05) is 18.0 Å². The van der Waals surface area contributed by atoms with Gasteiger partial charge in [-0.05, 0) is 48.7 Å². The van der Waals surface area contributed by atoms with E-state index in [9.17, 15) is 14.7 Å². The summed E-state index contributed by atoms with van der Waals surface area (Å²) >= 11 is 0. The Hall–Kier alpha value is -4.20. The highest BCUT2D eigenvalue weighted by molar-refractivity contribution is 5.84. The lowest BCUT2D eigenvalue weighted by Crippen LogP contribution is -2.26. The van der Waals surface area contributed by atoms with Crippen molar-refractivity contribution in [1.29, 1.82) is 0 Å². The van der Waals surface area contributed by atoms with Crippen molar-refractivity contribution in [2.45, 2.75) is 20.4 Å². The van der Waals surface area contributed by atoms with E-state index in [1.54, 1.807) is 39.9 Å². The lowest BCUT2D eigenvalue weighted by atomic mass is 10.0. The van der Waals surface area contributed by atoms with Gasteiger partial charge in [-0.25, -0.2) is 9.31 Å². The Morgan fingerprint density at radius 2 is 1.90 bits per heavy atom. The van der Waals surface area contributed by atoms with E-state index in [1.165, 1.54) is 4.57 Å². The van der Waals surface area contributed by atoms with Crippen LogP contribution in [0.1, 0.15) is 11.1 Å². The number of para-hydroxylation sites is 1. The van der Waals surface area contributed by atoms with Crippen LogP contribution in [0.3, 0.4) is 0 Å². The van der Waals surface area contributed by atoms with E-state index in [4.69, 9.17) is 0 Å². The number of fused-ring (bicyclic) bond motifs is 2. The van der Waals surface area contributed by atoms with Crippen LogP contribution >= 0.6 is 0 Å². The molecule has 2 aromatic carbocycles. The summed E-state index contributed by atoms with van der Waals surface area (Å²) < 4.78 is 4.66. The lowest BCUT2D eigenvalue weighted by Gasteiger charge is -2.11. The standard InChI is InChI=1S/C23H19N5O3/c1-14-4-3-5-19-22(14)28(23(31)26(19)13-21(29)30)18-7-6-16(10-15(18)2)17-11-25-27-9-8-24-12-20(17)27/h3-12H,13H2,1-2H3,(H,29,30). The maximum Gasteiger partial charge on any atom is 0.334 e. The minimum atomic E-state index is -1.06. The fourth-order valence-electron chi connectivity index (χ4n) is 4.11. The molecule has 8 nitrogen and oxygen atoms in total. The summed E-state index contributed by atoms with van der Waals surface area (Å²) in [5.41, 5.74) is 6.24. The predicted molar refractivity (Wildman–Crippen MR) is 117 cm³/mol. The van der Waals surface area contributed by atoms with E-state index in [0.717, 1.165) is 27.8 Å². The summed E-state index contributed by atoms with van der Waals surface area (Å²) in [7, 11) is 0. The number of rotatable bonds is 4. The number of imidazole rings is 1. The molecule has 154 valence electrons. The number of aryl methyl sites for hydroxylation is 2. The summed E-state index contributed by atoms with van der Waals surface area (Å²) in [5.74, 6) is -1.06. The second kappa shape index (κ2) is 6.94. The molecule has 0 spiro atoms. The first-order valence-electron chi connectivity index (χ1n) is 9.77. The second-order valence-electron chi connectivity index (χ2n) is 7.51. The first-order valence-corrected chi connectivity index (χ1v) is 9.77. The van der Waals surface area contributed by atoms with E-state index in [1.807, 2.05) is 44.2 Å².